The van der Waals surface area contributed by atoms with Gasteiger partial charge in [0.15, 0.2) is 17.1 Å². The number of phenols is 2. The van der Waals surface area contributed by atoms with Crippen molar-refractivity contribution >= 4 is 33.5 Å². The number of aromatic nitrogens is 1. The molecule has 4 aromatic carbocycles. The number of benzene rings is 4. The van der Waals surface area contributed by atoms with Gasteiger partial charge >= 0.3 is 5.78 Å². The van der Waals surface area contributed by atoms with E-state index in [0.717, 1.165) is 38.4 Å². The van der Waals surface area contributed by atoms with E-state index in [1.54, 1.807) is 24.3 Å². The Hall–Kier alpha value is -4.95. The van der Waals surface area contributed by atoms with Crippen molar-refractivity contribution < 1.29 is 34.3 Å². The molecule has 1 unspecified atom stereocenters. The number of hydrogen-bond donors (Lipinski definition) is 3. The maximum absolute atomic E-state index is 11.7. The van der Waals surface area contributed by atoms with Crippen LogP contribution in [0.15, 0.2) is 66.9 Å². The third kappa shape index (κ3) is 4.46. The van der Waals surface area contributed by atoms with Gasteiger partial charge in [0.05, 0.1) is 13.7 Å². The topological polar surface area (TPSA) is 124 Å². The molecule has 0 spiro atoms. The van der Waals surface area contributed by atoms with Crippen molar-refractivity contribution in [3.8, 4) is 28.7 Å². The lowest BCUT2D eigenvalue weighted by Gasteiger charge is -2.30. The Morgan fingerprint density at radius 1 is 1.05 bits per heavy atom. The van der Waals surface area contributed by atoms with Crippen LogP contribution in [0.4, 0.5) is 0 Å². The van der Waals surface area contributed by atoms with E-state index in [4.69, 9.17) is 14.2 Å². The minimum absolute atomic E-state index is 0.0376. The summed E-state index contributed by atoms with van der Waals surface area (Å²) >= 11 is 0. The largest absolute Gasteiger partial charge is 0.664 e. The molecular weight excluding hydrogens is 546 g/mol. The second kappa shape index (κ2) is 10.7. The zero-order valence-electron chi connectivity index (χ0n) is 23.6. The number of carbonyl (C=O) groups excluding carboxylic acids is 1. The Morgan fingerprint density at radius 2 is 1.88 bits per heavy atom. The molecule has 218 valence electrons. The van der Waals surface area contributed by atoms with Gasteiger partial charge in [-0.1, -0.05) is 54.6 Å². The number of aliphatic hydroxyl groups is 1. The summed E-state index contributed by atoms with van der Waals surface area (Å²) in [7, 11) is 1.45. The Balaban J connectivity index is 1.37. The summed E-state index contributed by atoms with van der Waals surface area (Å²) in [6.45, 7) is 0.0831. The van der Waals surface area contributed by atoms with Gasteiger partial charge in [-0.05, 0) is 51.4 Å². The Morgan fingerprint density at radius 3 is 2.67 bits per heavy atom. The quantitative estimate of drug-likeness (QED) is 0.155. The van der Waals surface area contributed by atoms with Gasteiger partial charge < -0.3 is 34.5 Å². The molecule has 1 aliphatic heterocycles. The smallest absolute Gasteiger partial charge is 0.335 e. The predicted molar refractivity (Wildman–Crippen MR) is 164 cm³/mol. The molecule has 0 fully saturated rings. The number of hydrogen-bond acceptors (Lipinski definition) is 6. The number of phenolic OH excluding ortho intramolecular Hbond substituents is 2. The third-order valence-electron chi connectivity index (χ3n) is 8.41. The van der Waals surface area contributed by atoms with Crippen molar-refractivity contribution in [1.29, 1.82) is 0 Å². The first-order valence-corrected chi connectivity index (χ1v) is 14.3. The standard InChI is InChI=1S/C35H30NO7/c1-41-35-32(40)26(16-20-6-7-21-17-27-24(12-13-36-27)25-5-2-4-23(20)30(21)25)33-31(34(35)42-15-3-14-37)28(39)18-29(43-33)19-8-10-22(38)11-9-19/h2,4-13,17,20,29,37-38H,3,14-16,18H2,1H3,(H,39,40)/q-1/p+1/t20-,29?/m0/s1. The highest BCUT2D eigenvalue weighted by molar-refractivity contribution is 6.12. The predicted octanol–water partition coefficient (Wildman–Crippen LogP) is 5.90. The third-order valence-corrected chi connectivity index (χ3v) is 8.41. The lowest BCUT2D eigenvalue weighted by Crippen LogP contribution is -2.24. The molecule has 7 rings (SSSR count). The maximum Gasteiger partial charge on any atom is 0.335 e. The molecule has 0 amide bonds. The van der Waals surface area contributed by atoms with Crippen LogP contribution in [-0.2, 0) is 6.42 Å². The Kier molecular flexibility index (Phi) is 6.70. The fourth-order valence-corrected chi connectivity index (χ4v) is 6.39. The summed E-state index contributed by atoms with van der Waals surface area (Å²) in [5, 5.41) is 34.2. The minimum Gasteiger partial charge on any atom is -0.664 e. The van der Waals surface area contributed by atoms with Crippen molar-refractivity contribution in [2.75, 3.05) is 20.3 Å². The van der Waals surface area contributed by atoms with Gasteiger partial charge in [-0.2, -0.15) is 6.20 Å². The molecule has 0 bridgehead atoms. The molecule has 2 heterocycles. The van der Waals surface area contributed by atoms with Gasteiger partial charge in [0, 0.05) is 24.5 Å². The van der Waals surface area contributed by atoms with Crippen molar-refractivity contribution in [2.45, 2.75) is 31.3 Å². The van der Waals surface area contributed by atoms with E-state index in [9.17, 15) is 20.1 Å². The van der Waals surface area contributed by atoms with E-state index in [-0.39, 0.29) is 54.3 Å². The van der Waals surface area contributed by atoms with Gasteiger partial charge in [0.25, 0.3) is 0 Å². The average Bonchev–Trinajstić information content (AvgIpc) is 3.49. The highest BCUT2D eigenvalue weighted by Crippen LogP contribution is 2.54. The number of fused-ring (bicyclic) bond motifs is 3. The molecule has 43 heavy (non-hydrogen) atoms. The average molecular weight is 578 g/mol. The number of aromatic hydroxyl groups is 2. The van der Waals surface area contributed by atoms with E-state index in [2.05, 4.69) is 35.3 Å². The lowest BCUT2D eigenvalue weighted by atomic mass is 9.81. The van der Waals surface area contributed by atoms with Gasteiger partial charge in [-0.3, -0.25) is 4.79 Å². The van der Waals surface area contributed by atoms with E-state index in [1.807, 2.05) is 18.3 Å². The number of rotatable bonds is 8. The van der Waals surface area contributed by atoms with Crippen LogP contribution in [0.3, 0.4) is 0 Å². The first kappa shape index (κ1) is 26.9. The number of aliphatic hydroxyl groups excluding tert-OH is 1. The van der Waals surface area contributed by atoms with Crippen LogP contribution >= 0.6 is 0 Å². The van der Waals surface area contributed by atoms with Gasteiger partial charge in [-0.25, -0.2) is 0 Å². The van der Waals surface area contributed by atoms with Crippen LogP contribution in [0.1, 0.15) is 52.7 Å². The number of nitrogens with zero attached hydrogens (tertiary/aromatic N) is 1. The zero-order valence-corrected chi connectivity index (χ0v) is 23.6. The van der Waals surface area contributed by atoms with Crippen molar-refractivity contribution in [3.05, 3.63) is 94.7 Å². The molecule has 1 aromatic heterocycles. The van der Waals surface area contributed by atoms with Crippen LogP contribution in [0.5, 0.6) is 28.7 Å². The van der Waals surface area contributed by atoms with Gasteiger partial charge in [0.2, 0.25) is 5.75 Å². The molecule has 2 aliphatic rings. The van der Waals surface area contributed by atoms with E-state index < -0.39 is 6.10 Å². The van der Waals surface area contributed by atoms with E-state index in [0.29, 0.717) is 29.7 Å². The number of allylic oxidation sites excluding steroid dienone is 1. The molecule has 8 heteroatoms. The molecule has 0 radical (unpaired) electrons. The molecule has 8 nitrogen and oxygen atoms in total. The molecule has 4 N–H and O–H groups in total. The van der Waals surface area contributed by atoms with Crippen molar-refractivity contribution in [3.63, 3.8) is 0 Å². The molecule has 2 atom stereocenters. The summed E-state index contributed by atoms with van der Waals surface area (Å²) < 4.78 is 18.2. The second-order valence-corrected chi connectivity index (χ2v) is 11.0. The van der Waals surface area contributed by atoms with Gasteiger partial charge in [0.1, 0.15) is 24.0 Å². The molecule has 0 saturated heterocycles. The van der Waals surface area contributed by atoms with Crippen molar-refractivity contribution in [2.24, 2.45) is 0 Å². The monoisotopic (exact) mass is 577 g/mol. The van der Waals surface area contributed by atoms with Crippen LogP contribution in [0.25, 0.3) is 27.8 Å². The van der Waals surface area contributed by atoms with Crippen LogP contribution in [-0.4, -0.2) is 46.2 Å². The maximum atomic E-state index is 11.7. The Bertz CT molecular complexity index is 1900. The summed E-state index contributed by atoms with van der Waals surface area (Å²) in [6.07, 6.45) is 6.37. The summed E-state index contributed by atoms with van der Waals surface area (Å²) in [5.41, 5.74) is 4.76. The van der Waals surface area contributed by atoms with Crippen LogP contribution in [0.2, 0.25) is 0 Å². The SMILES string of the molecule is COc1c(O)c(C[C@@H]2C=Cc3cc4[n-]ccc4c4cccc2c34)c2c(c1OCCCO)C(=[OH+])CC(c1ccc(O)cc1)O2. The molecular formula is C35H31NO7. The van der Waals surface area contributed by atoms with Crippen LogP contribution in [0, 0.1) is 0 Å². The van der Waals surface area contributed by atoms with E-state index in [1.165, 1.54) is 7.11 Å². The number of ketones is 1. The molecule has 0 saturated carbocycles. The van der Waals surface area contributed by atoms with Crippen LogP contribution < -0.4 is 19.2 Å². The number of methoxy groups -OCH3 is 1. The summed E-state index contributed by atoms with van der Waals surface area (Å²) in [5.74, 6) is 0.527. The highest BCUT2D eigenvalue weighted by atomic mass is 16.5. The first-order valence-electron chi connectivity index (χ1n) is 14.3. The first-order chi connectivity index (χ1) is 21.0. The highest BCUT2D eigenvalue weighted by Gasteiger charge is 2.41. The normalized spacial score (nSPS) is 17.2. The lowest BCUT2D eigenvalue weighted by molar-refractivity contribution is 0.192. The zero-order chi connectivity index (χ0) is 29.7. The number of ether oxygens (including phenoxy) is 3. The summed E-state index contributed by atoms with van der Waals surface area (Å²) in [4.78, 5) is 16.0. The van der Waals surface area contributed by atoms with Gasteiger partial charge in [-0.15, -0.1) is 5.52 Å². The fourth-order valence-electron chi connectivity index (χ4n) is 6.39. The molecule has 5 aromatic rings. The fraction of sp³-hybridized carbons (Fsp3) is 0.229. The van der Waals surface area contributed by atoms with Crippen molar-refractivity contribution in [1.82, 2.24) is 4.98 Å². The van der Waals surface area contributed by atoms with E-state index >= 15 is 0 Å². The minimum atomic E-state index is -0.561. The molecule has 1 aliphatic carbocycles. The second-order valence-electron chi connectivity index (χ2n) is 11.0. The Labute approximate surface area is 247 Å². The summed E-state index contributed by atoms with van der Waals surface area (Å²) in [6, 6.07) is 17.1.